The molecule has 6 nitrogen and oxygen atoms in total. The van der Waals surface area contributed by atoms with Gasteiger partial charge in [-0.3, -0.25) is 0 Å². The standard InChI is InChI=1S/C17H22F5N3O3.HI/c1-2-23-16(24-6-4-3-5-17(20,21)22)25-9-11-7-13-14(27-10-26-13)8-12(11)28-15(18)19;/h7-8,15H,2-6,9-10H2,1H3,(H2,23,24,25);1H. The second-order valence-corrected chi connectivity index (χ2v) is 5.89. The van der Waals surface area contributed by atoms with E-state index in [0.717, 1.165) is 0 Å². The number of guanidine groups is 1. The normalized spacial score (nSPS) is 13.3. The summed E-state index contributed by atoms with van der Waals surface area (Å²) in [5.74, 6) is 0.981. The van der Waals surface area contributed by atoms with Crippen LogP contribution in [0.3, 0.4) is 0 Å². The fourth-order valence-electron chi connectivity index (χ4n) is 2.46. The molecular weight excluding hydrogens is 516 g/mol. The lowest BCUT2D eigenvalue weighted by Gasteiger charge is -2.13. The summed E-state index contributed by atoms with van der Waals surface area (Å²) in [6.45, 7) is -0.385. The maximum absolute atomic E-state index is 12.7. The minimum Gasteiger partial charge on any atom is -0.454 e. The number of nitrogens with one attached hydrogen (secondary N) is 2. The number of rotatable bonds is 9. The molecular formula is C17H23F5IN3O3. The Morgan fingerprint density at radius 3 is 2.48 bits per heavy atom. The summed E-state index contributed by atoms with van der Waals surface area (Å²) < 4.78 is 76.7. The third kappa shape index (κ3) is 9.09. The van der Waals surface area contributed by atoms with E-state index in [1.165, 1.54) is 12.1 Å². The van der Waals surface area contributed by atoms with Crippen LogP contribution in [0.4, 0.5) is 22.0 Å². The molecule has 1 aliphatic heterocycles. The highest BCUT2D eigenvalue weighted by molar-refractivity contribution is 14.0. The molecule has 2 N–H and O–H groups in total. The fraction of sp³-hybridized carbons (Fsp3) is 0.588. The Hall–Kier alpha value is -1.73. The number of nitrogens with zero attached hydrogens (tertiary/aromatic N) is 1. The Kier molecular flexibility index (Phi) is 10.5. The Labute approximate surface area is 182 Å². The maximum atomic E-state index is 12.7. The molecule has 0 fully saturated rings. The highest BCUT2D eigenvalue weighted by Crippen LogP contribution is 2.39. The second kappa shape index (κ2) is 12.1. The molecule has 0 saturated carbocycles. The molecule has 0 bridgehead atoms. The molecule has 166 valence electrons. The second-order valence-electron chi connectivity index (χ2n) is 5.89. The Balaban J connectivity index is 0.00000420. The zero-order valence-electron chi connectivity index (χ0n) is 15.7. The molecule has 0 aromatic heterocycles. The van der Waals surface area contributed by atoms with Gasteiger partial charge in [0, 0.05) is 31.1 Å². The van der Waals surface area contributed by atoms with Crippen LogP contribution in [0.15, 0.2) is 17.1 Å². The SMILES string of the molecule is CCNC(=NCc1cc2c(cc1OC(F)F)OCO2)NCCCCC(F)(F)F.I. The average molecular weight is 539 g/mol. The molecule has 0 aliphatic carbocycles. The summed E-state index contributed by atoms with van der Waals surface area (Å²) in [7, 11) is 0. The summed E-state index contributed by atoms with van der Waals surface area (Å²) in [6, 6.07) is 2.83. The highest BCUT2D eigenvalue weighted by Gasteiger charge is 2.25. The lowest BCUT2D eigenvalue weighted by atomic mass is 10.1. The summed E-state index contributed by atoms with van der Waals surface area (Å²) in [5.41, 5.74) is 0.360. The van der Waals surface area contributed by atoms with Crippen molar-refractivity contribution in [1.82, 2.24) is 10.6 Å². The van der Waals surface area contributed by atoms with Crippen molar-refractivity contribution in [2.24, 2.45) is 4.99 Å². The van der Waals surface area contributed by atoms with Crippen LogP contribution in [-0.2, 0) is 6.54 Å². The lowest BCUT2D eigenvalue weighted by molar-refractivity contribution is -0.135. The van der Waals surface area contributed by atoms with Gasteiger partial charge in [0.1, 0.15) is 5.75 Å². The molecule has 0 atom stereocenters. The molecule has 29 heavy (non-hydrogen) atoms. The van der Waals surface area contributed by atoms with Gasteiger partial charge in [0.15, 0.2) is 17.5 Å². The molecule has 0 saturated heterocycles. The minimum atomic E-state index is -4.17. The van der Waals surface area contributed by atoms with Gasteiger partial charge in [-0.1, -0.05) is 0 Å². The van der Waals surface area contributed by atoms with E-state index in [4.69, 9.17) is 9.47 Å². The fourth-order valence-corrected chi connectivity index (χ4v) is 2.46. The largest absolute Gasteiger partial charge is 0.454 e. The smallest absolute Gasteiger partial charge is 0.389 e. The van der Waals surface area contributed by atoms with Gasteiger partial charge in [-0.15, -0.1) is 24.0 Å². The number of hydrogen-bond acceptors (Lipinski definition) is 4. The van der Waals surface area contributed by atoms with E-state index in [1.54, 1.807) is 0 Å². The van der Waals surface area contributed by atoms with Crippen molar-refractivity contribution < 1.29 is 36.2 Å². The molecule has 0 spiro atoms. The van der Waals surface area contributed by atoms with E-state index in [9.17, 15) is 22.0 Å². The molecule has 1 aliphatic rings. The third-order valence-electron chi connectivity index (χ3n) is 3.70. The van der Waals surface area contributed by atoms with Crippen LogP contribution in [0.1, 0.15) is 31.7 Å². The number of unbranched alkanes of at least 4 members (excludes halogenated alkanes) is 1. The quantitative estimate of drug-likeness (QED) is 0.160. The van der Waals surface area contributed by atoms with Crippen LogP contribution in [0.5, 0.6) is 17.2 Å². The van der Waals surface area contributed by atoms with Crippen molar-refractivity contribution in [2.75, 3.05) is 19.9 Å². The minimum absolute atomic E-state index is 0. The first-order chi connectivity index (χ1) is 13.3. The van der Waals surface area contributed by atoms with Crippen molar-refractivity contribution in [3.63, 3.8) is 0 Å². The van der Waals surface area contributed by atoms with E-state index in [1.807, 2.05) is 6.92 Å². The summed E-state index contributed by atoms with van der Waals surface area (Å²) in [4.78, 5) is 4.27. The topological polar surface area (TPSA) is 64.1 Å². The van der Waals surface area contributed by atoms with Crippen LogP contribution in [0, 0.1) is 0 Å². The molecule has 0 amide bonds. The van der Waals surface area contributed by atoms with Crippen molar-refractivity contribution in [2.45, 2.75) is 45.5 Å². The van der Waals surface area contributed by atoms with E-state index in [0.29, 0.717) is 42.5 Å². The van der Waals surface area contributed by atoms with Crippen LogP contribution >= 0.6 is 24.0 Å². The first-order valence-electron chi connectivity index (χ1n) is 8.74. The summed E-state index contributed by atoms with van der Waals surface area (Å²) in [5, 5.41) is 5.86. The molecule has 1 aromatic rings. The predicted molar refractivity (Wildman–Crippen MR) is 107 cm³/mol. The zero-order chi connectivity index (χ0) is 20.6. The van der Waals surface area contributed by atoms with E-state index in [-0.39, 0.29) is 49.5 Å². The first-order valence-corrected chi connectivity index (χ1v) is 8.74. The van der Waals surface area contributed by atoms with Gasteiger partial charge in [-0.05, 0) is 25.8 Å². The average Bonchev–Trinajstić information content (AvgIpc) is 3.04. The van der Waals surface area contributed by atoms with Crippen molar-refractivity contribution in [1.29, 1.82) is 0 Å². The van der Waals surface area contributed by atoms with Crippen molar-refractivity contribution in [3.8, 4) is 17.2 Å². The first kappa shape index (κ1) is 25.3. The monoisotopic (exact) mass is 539 g/mol. The maximum Gasteiger partial charge on any atom is 0.389 e. The molecule has 12 heteroatoms. The van der Waals surface area contributed by atoms with Gasteiger partial charge in [0.2, 0.25) is 6.79 Å². The van der Waals surface area contributed by atoms with Crippen LogP contribution in [0.2, 0.25) is 0 Å². The number of fused-ring (bicyclic) bond motifs is 1. The van der Waals surface area contributed by atoms with Gasteiger partial charge >= 0.3 is 12.8 Å². The van der Waals surface area contributed by atoms with Crippen LogP contribution < -0.4 is 24.8 Å². The van der Waals surface area contributed by atoms with Gasteiger partial charge in [-0.2, -0.15) is 22.0 Å². The molecule has 2 rings (SSSR count). The summed E-state index contributed by atoms with van der Waals surface area (Å²) in [6.07, 6.45) is -4.69. The van der Waals surface area contributed by atoms with E-state index >= 15 is 0 Å². The Bertz CT molecular complexity index is 674. The Morgan fingerprint density at radius 2 is 1.86 bits per heavy atom. The predicted octanol–water partition coefficient (Wildman–Crippen LogP) is 4.42. The number of ether oxygens (including phenoxy) is 3. The molecule has 0 radical (unpaired) electrons. The Morgan fingerprint density at radius 1 is 1.17 bits per heavy atom. The van der Waals surface area contributed by atoms with Gasteiger partial charge in [0.05, 0.1) is 6.54 Å². The lowest BCUT2D eigenvalue weighted by Crippen LogP contribution is -2.37. The van der Waals surface area contributed by atoms with Gasteiger partial charge in [0.25, 0.3) is 0 Å². The van der Waals surface area contributed by atoms with Crippen molar-refractivity contribution in [3.05, 3.63) is 17.7 Å². The number of hydrogen-bond donors (Lipinski definition) is 2. The summed E-state index contributed by atoms with van der Waals surface area (Å²) >= 11 is 0. The highest BCUT2D eigenvalue weighted by atomic mass is 127. The third-order valence-corrected chi connectivity index (χ3v) is 3.70. The molecule has 1 aromatic carbocycles. The molecule has 1 heterocycles. The van der Waals surface area contributed by atoms with Crippen molar-refractivity contribution >= 4 is 29.9 Å². The van der Waals surface area contributed by atoms with Crippen LogP contribution in [0.25, 0.3) is 0 Å². The van der Waals surface area contributed by atoms with Gasteiger partial charge < -0.3 is 24.8 Å². The number of benzene rings is 1. The van der Waals surface area contributed by atoms with E-state index < -0.39 is 19.2 Å². The number of halogens is 6. The molecule has 0 unspecified atom stereocenters. The van der Waals surface area contributed by atoms with Crippen LogP contribution in [-0.4, -0.2) is 38.6 Å². The zero-order valence-corrected chi connectivity index (χ0v) is 18.0. The van der Waals surface area contributed by atoms with Gasteiger partial charge in [-0.25, -0.2) is 4.99 Å². The number of alkyl halides is 5. The van der Waals surface area contributed by atoms with E-state index in [2.05, 4.69) is 20.4 Å². The number of aliphatic imine (C=N–C) groups is 1.